The molecule has 0 amide bonds. The van der Waals surface area contributed by atoms with Crippen molar-refractivity contribution in [2.24, 2.45) is 0 Å². The van der Waals surface area contributed by atoms with E-state index in [0.29, 0.717) is 17.4 Å². The number of phosphoric ester groups is 1. The molecule has 0 aliphatic carbocycles. The zero-order chi connectivity index (χ0) is 64.1. The molecule has 2 unspecified atom stereocenters. The van der Waals surface area contributed by atoms with Gasteiger partial charge in [-0.05, 0) is 89.9 Å². The smallest absolute Gasteiger partial charge is 0.306 e. The van der Waals surface area contributed by atoms with E-state index >= 15 is 0 Å². The highest BCUT2D eigenvalue weighted by Gasteiger charge is 2.22. The van der Waals surface area contributed by atoms with E-state index in [9.17, 15) is 19.0 Å². The summed E-state index contributed by atoms with van der Waals surface area (Å²) in [5.74, 6) is -0.818. The molecule has 0 saturated heterocycles. The van der Waals surface area contributed by atoms with Gasteiger partial charge in [0.05, 0.1) is 27.7 Å². The summed E-state index contributed by atoms with van der Waals surface area (Å²) in [5.41, 5.74) is 0. The molecule has 0 aliphatic rings. The zero-order valence-electron chi connectivity index (χ0n) is 58.4. The molecule has 512 valence electrons. The Morgan fingerprint density at radius 3 is 0.977 bits per heavy atom. The number of carbonyl (C=O) groups is 2. The number of esters is 2. The van der Waals surface area contributed by atoms with Crippen LogP contribution in [0.25, 0.3) is 0 Å². The van der Waals surface area contributed by atoms with Crippen LogP contribution in [0.4, 0.5) is 0 Å². The first-order valence-corrected chi connectivity index (χ1v) is 38.8. The fourth-order valence-electron chi connectivity index (χ4n) is 10.7. The molecule has 10 heteroatoms. The summed E-state index contributed by atoms with van der Waals surface area (Å²) in [4.78, 5) is 38.1. The van der Waals surface area contributed by atoms with Gasteiger partial charge < -0.3 is 27.9 Å². The number of likely N-dealkylation sites (N-methyl/N-ethyl adjacent to an activating group) is 1. The van der Waals surface area contributed by atoms with Crippen molar-refractivity contribution in [1.29, 1.82) is 0 Å². The number of phosphoric acid groups is 1. The van der Waals surface area contributed by atoms with Gasteiger partial charge in [0.1, 0.15) is 19.8 Å². The van der Waals surface area contributed by atoms with Gasteiger partial charge in [0.15, 0.2) is 6.10 Å². The molecule has 0 radical (unpaired) electrons. The highest BCUT2D eigenvalue weighted by atomic mass is 31.2. The molecule has 0 aromatic carbocycles. The highest BCUT2D eigenvalue weighted by Crippen LogP contribution is 2.38. The number of quaternary nitrogens is 1. The quantitative estimate of drug-likeness (QED) is 0.0195. The standard InChI is InChI=1S/C78H142NO8P/c1-6-8-10-12-14-16-18-20-22-24-26-28-30-31-32-33-34-35-36-37-38-39-40-41-42-43-44-45-46-47-49-51-53-55-57-59-61-63-65-67-69-71-78(81)87-76(75-86-88(82,83)85-73-72-79(3,4)5)74-84-77(80)70-68-66-64-62-60-58-56-54-52-50-48-29-27-25-23-21-19-17-15-13-11-9-7-2/h8,10,14,16,20,22,25-28,31-32,34-35,76H,6-7,9,11-13,15,17-19,21,23-24,29-30,33,36-75H2,1-5H3/b10-8-,16-14-,22-20-,27-25-,28-26-,32-31-,35-34-. The number of allylic oxidation sites excluding steroid dienone is 14. The van der Waals surface area contributed by atoms with Crippen molar-refractivity contribution in [1.82, 2.24) is 0 Å². The lowest BCUT2D eigenvalue weighted by Gasteiger charge is -2.28. The van der Waals surface area contributed by atoms with Crippen LogP contribution in [0.5, 0.6) is 0 Å². The number of ether oxygens (including phenoxy) is 2. The summed E-state index contributed by atoms with van der Waals surface area (Å²) in [5, 5.41) is 0. The predicted molar refractivity (Wildman–Crippen MR) is 379 cm³/mol. The summed E-state index contributed by atoms with van der Waals surface area (Å²) in [6, 6.07) is 0. The normalized spacial score (nSPS) is 13.6. The van der Waals surface area contributed by atoms with Crippen LogP contribution in [0.15, 0.2) is 85.1 Å². The molecular weight excluding hydrogens is 1110 g/mol. The predicted octanol–water partition coefficient (Wildman–Crippen LogP) is 23.9. The maximum Gasteiger partial charge on any atom is 0.306 e. The molecule has 0 bridgehead atoms. The first-order chi connectivity index (χ1) is 43.0. The van der Waals surface area contributed by atoms with Crippen LogP contribution in [-0.4, -0.2) is 70.0 Å². The third kappa shape index (κ3) is 72.3. The van der Waals surface area contributed by atoms with E-state index in [2.05, 4.69) is 98.9 Å². The fourth-order valence-corrected chi connectivity index (χ4v) is 11.4. The second-order valence-corrected chi connectivity index (χ2v) is 27.7. The number of rotatable bonds is 69. The van der Waals surface area contributed by atoms with Gasteiger partial charge in [0.25, 0.3) is 7.82 Å². The van der Waals surface area contributed by atoms with Crippen LogP contribution < -0.4 is 4.89 Å². The summed E-state index contributed by atoms with van der Waals surface area (Å²) < 4.78 is 34.4. The lowest BCUT2D eigenvalue weighted by Crippen LogP contribution is -2.37. The molecule has 0 spiro atoms. The number of hydrogen-bond acceptors (Lipinski definition) is 8. The topological polar surface area (TPSA) is 111 Å². The lowest BCUT2D eigenvalue weighted by molar-refractivity contribution is -0.870. The number of unbranched alkanes of at least 4 members (excludes halogenated alkanes) is 41. The van der Waals surface area contributed by atoms with Gasteiger partial charge >= 0.3 is 11.9 Å². The highest BCUT2D eigenvalue weighted by molar-refractivity contribution is 7.45. The minimum atomic E-state index is -4.64. The van der Waals surface area contributed by atoms with E-state index in [0.717, 1.165) is 77.0 Å². The molecule has 2 atom stereocenters. The maximum absolute atomic E-state index is 12.9. The van der Waals surface area contributed by atoms with Crippen molar-refractivity contribution < 1.29 is 42.1 Å². The van der Waals surface area contributed by atoms with E-state index in [-0.39, 0.29) is 32.0 Å². The molecule has 0 N–H and O–H groups in total. The largest absolute Gasteiger partial charge is 0.756 e. The molecule has 0 saturated carbocycles. The first-order valence-electron chi connectivity index (χ1n) is 37.3. The Morgan fingerprint density at radius 2 is 0.648 bits per heavy atom. The Labute approximate surface area is 545 Å². The molecule has 88 heavy (non-hydrogen) atoms. The van der Waals surface area contributed by atoms with Crippen LogP contribution >= 0.6 is 7.82 Å². The number of hydrogen-bond donors (Lipinski definition) is 0. The number of nitrogens with zero attached hydrogens (tertiary/aromatic N) is 1. The molecular formula is C78H142NO8P. The Hall–Kier alpha value is -2.81. The Morgan fingerprint density at radius 1 is 0.364 bits per heavy atom. The average Bonchev–Trinajstić information content (AvgIpc) is 3.58. The summed E-state index contributed by atoms with van der Waals surface area (Å²) >= 11 is 0. The maximum atomic E-state index is 12.9. The molecule has 0 rings (SSSR count). The molecule has 0 aromatic heterocycles. The van der Waals surface area contributed by atoms with E-state index < -0.39 is 26.5 Å². The van der Waals surface area contributed by atoms with E-state index in [1.165, 1.54) is 238 Å². The SMILES string of the molecule is CC/C=C\C/C=C\C/C=C\C/C=C\C/C=C\C/C=C\CCCCCCCCCCCCCCCCCCCCCCCCC(=O)OC(COC(=O)CCCCCCCCCCCCC/C=C\CCCCCCCCCC)COP(=O)([O-])OCC[N+](C)(C)C. The summed E-state index contributed by atoms with van der Waals surface area (Å²) in [6.45, 7) is 4.17. The summed E-state index contributed by atoms with van der Waals surface area (Å²) in [7, 11) is 1.18. The minimum Gasteiger partial charge on any atom is -0.756 e. The van der Waals surface area contributed by atoms with Gasteiger partial charge in [-0.25, -0.2) is 0 Å². The molecule has 0 aromatic rings. The second-order valence-electron chi connectivity index (χ2n) is 26.3. The van der Waals surface area contributed by atoms with E-state index in [1.807, 2.05) is 21.1 Å². The van der Waals surface area contributed by atoms with Crippen molar-refractivity contribution in [3.8, 4) is 0 Å². The van der Waals surface area contributed by atoms with Gasteiger partial charge in [-0.2, -0.15) is 0 Å². The van der Waals surface area contributed by atoms with Crippen LogP contribution in [0.1, 0.15) is 348 Å². The Kier molecular flexibility index (Phi) is 66.4. The van der Waals surface area contributed by atoms with Crippen molar-refractivity contribution in [3.05, 3.63) is 85.1 Å². The lowest BCUT2D eigenvalue weighted by atomic mass is 10.0. The fraction of sp³-hybridized carbons (Fsp3) is 0.795. The van der Waals surface area contributed by atoms with Crippen molar-refractivity contribution >= 4 is 19.8 Å². The van der Waals surface area contributed by atoms with Crippen LogP contribution in [0.3, 0.4) is 0 Å². The van der Waals surface area contributed by atoms with E-state index in [1.54, 1.807) is 0 Å². The minimum absolute atomic E-state index is 0.0303. The van der Waals surface area contributed by atoms with Gasteiger partial charge in [-0.15, -0.1) is 0 Å². The van der Waals surface area contributed by atoms with Crippen LogP contribution in [0, 0.1) is 0 Å². The molecule has 0 aliphatic heterocycles. The van der Waals surface area contributed by atoms with Gasteiger partial charge in [-0.1, -0.05) is 330 Å². The monoisotopic (exact) mass is 1250 g/mol. The van der Waals surface area contributed by atoms with Gasteiger partial charge in [-0.3, -0.25) is 14.2 Å². The van der Waals surface area contributed by atoms with Crippen LogP contribution in [-0.2, 0) is 32.7 Å². The van der Waals surface area contributed by atoms with E-state index in [4.69, 9.17) is 18.5 Å². The molecule has 0 fully saturated rings. The third-order valence-electron chi connectivity index (χ3n) is 16.4. The molecule has 0 heterocycles. The summed E-state index contributed by atoms with van der Waals surface area (Å²) in [6.07, 6.45) is 94.0. The van der Waals surface area contributed by atoms with Gasteiger partial charge in [0, 0.05) is 12.8 Å². The first kappa shape index (κ1) is 85.2. The zero-order valence-corrected chi connectivity index (χ0v) is 59.3. The van der Waals surface area contributed by atoms with Crippen LogP contribution in [0.2, 0.25) is 0 Å². The van der Waals surface area contributed by atoms with Crippen molar-refractivity contribution in [3.63, 3.8) is 0 Å². The van der Waals surface area contributed by atoms with Crippen molar-refractivity contribution in [2.75, 3.05) is 47.5 Å². The third-order valence-corrected chi connectivity index (χ3v) is 17.4. The Balaban J connectivity index is 3.93. The second kappa shape index (κ2) is 68.6. The molecule has 9 nitrogen and oxygen atoms in total. The van der Waals surface area contributed by atoms with Crippen molar-refractivity contribution in [2.45, 2.75) is 354 Å². The van der Waals surface area contributed by atoms with Gasteiger partial charge in [0.2, 0.25) is 0 Å². The number of carbonyl (C=O) groups excluding carboxylic acids is 2. The Bertz CT molecular complexity index is 1760. The average molecular weight is 1250 g/mol.